The zero-order valence-corrected chi connectivity index (χ0v) is 21.8. The SMILES string of the molecule is C[C@H](CCc1cccc(C(C)(C)O)c1)[C@H]1CC[C@H]2/C(=C/C=C3C[C@@H](O)C[C@H](O)C3)CCC[C@]12C. The molecule has 0 saturated heterocycles. The minimum atomic E-state index is -0.790. The van der Waals surface area contributed by atoms with Gasteiger partial charge >= 0.3 is 0 Å². The Morgan fingerprint density at radius 2 is 1.85 bits per heavy atom. The Kier molecular flexibility index (Phi) is 7.77. The van der Waals surface area contributed by atoms with Gasteiger partial charge in [0.15, 0.2) is 0 Å². The summed E-state index contributed by atoms with van der Waals surface area (Å²) < 4.78 is 0. The minimum absolute atomic E-state index is 0.378. The highest BCUT2D eigenvalue weighted by Crippen LogP contribution is 2.59. The van der Waals surface area contributed by atoms with E-state index in [1.807, 2.05) is 19.9 Å². The average molecular weight is 467 g/mol. The van der Waals surface area contributed by atoms with Crippen LogP contribution in [-0.2, 0) is 12.0 Å². The number of rotatable bonds is 6. The molecule has 3 saturated carbocycles. The molecule has 0 aromatic heterocycles. The Labute approximate surface area is 207 Å². The molecule has 0 spiro atoms. The molecule has 3 aliphatic carbocycles. The number of benzene rings is 1. The molecule has 0 unspecified atom stereocenters. The van der Waals surface area contributed by atoms with Gasteiger partial charge in [-0.25, -0.2) is 0 Å². The van der Waals surface area contributed by atoms with Gasteiger partial charge in [-0.3, -0.25) is 0 Å². The molecule has 0 amide bonds. The maximum absolute atomic E-state index is 10.4. The van der Waals surface area contributed by atoms with E-state index in [0.29, 0.717) is 36.5 Å². The summed E-state index contributed by atoms with van der Waals surface area (Å²) in [6.45, 7) is 8.73. The first-order valence-electron chi connectivity index (χ1n) is 13.6. The Balaban J connectivity index is 1.42. The van der Waals surface area contributed by atoms with Crippen LogP contribution in [0.15, 0.2) is 47.6 Å². The molecule has 3 aliphatic rings. The van der Waals surface area contributed by atoms with E-state index < -0.39 is 17.8 Å². The highest BCUT2D eigenvalue weighted by molar-refractivity contribution is 5.28. The molecule has 3 nitrogen and oxygen atoms in total. The first kappa shape index (κ1) is 25.7. The highest BCUT2D eigenvalue weighted by atomic mass is 16.3. The van der Waals surface area contributed by atoms with Gasteiger partial charge in [0.25, 0.3) is 0 Å². The Hall–Kier alpha value is -1.42. The summed E-state index contributed by atoms with van der Waals surface area (Å²) in [5.41, 5.74) is 4.72. The molecule has 0 radical (unpaired) electrons. The maximum Gasteiger partial charge on any atom is 0.0840 e. The summed E-state index contributed by atoms with van der Waals surface area (Å²) in [6, 6.07) is 8.49. The van der Waals surface area contributed by atoms with Gasteiger partial charge < -0.3 is 15.3 Å². The number of allylic oxidation sites excluding steroid dienone is 3. The first-order chi connectivity index (χ1) is 16.1. The van der Waals surface area contributed by atoms with Crippen LogP contribution in [0.5, 0.6) is 0 Å². The molecule has 0 aliphatic heterocycles. The molecule has 4 rings (SSSR count). The molecule has 1 aromatic rings. The van der Waals surface area contributed by atoms with Crippen molar-refractivity contribution in [1.29, 1.82) is 0 Å². The predicted octanol–water partition coefficient (Wildman–Crippen LogP) is 6.46. The third-order valence-electron chi connectivity index (χ3n) is 9.32. The second-order valence-electron chi connectivity index (χ2n) is 12.4. The lowest BCUT2D eigenvalue weighted by atomic mass is 9.60. The van der Waals surface area contributed by atoms with Gasteiger partial charge in [0.1, 0.15) is 0 Å². The molecule has 1 aromatic carbocycles. The van der Waals surface area contributed by atoms with Crippen molar-refractivity contribution in [3.63, 3.8) is 0 Å². The van der Waals surface area contributed by atoms with Crippen LogP contribution in [0.2, 0.25) is 0 Å². The standard InChI is InChI=1S/C31H46O3/c1-21(10-11-22-7-5-9-25(17-22)30(2,3)34)28-14-15-29-24(8-6-16-31(28,29)4)13-12-23-18-26(32)20-27(33)19-23/h5,7,9,12-13,17,21,26-29,32-34H,6,8,10-11,14-16,18-20H2,1-4H3/b24-13+/t21-,26-,27-,28-,29+,31-/m1/s1. The van der Waals surface area contributed by atoms with Gasteiger partial charge in [0, 0.05) is 0 Å². The van der Waals surface area contributed by atoms with Crippen LogP contribution in [0.3, 0.4) is 0 Å². The third kappa shape index (κ3) is 5.69. The second kappa shape index (κ2) is 10.3. The molecule has 188 valence electrons. The fraction of sp³-hybridized carbons (Fsp3) is 0.677. The normalized spacial score (nSPS) is 34.2. The van der Waals surface area contributed by atoms with Crippen LogP contribution in [0.25, 0.3) is 0 Å². The molecular formula is C31H46O3. The summed E-state index contributed by atoms with van der Waals surface area (Å²) >= 11 is 0. The van der Waals surface area contributed by atoms with Crippen LogP contribution in [0.1, 0.15) is 96.6 Å². The lowest BCUT2D eigenvalue weighted by Crippen LogP contribution is -2.36. The Bertz CT molecular complexity index is 895. The lowest BCUT2D eigenvalue weighted by Gasteiger charge is -2.44. The number of hydrogen-bond donors (Lipinski definition) is 3. The number of aliphatic hydroxyl groups is 3. The largest absolute Gasteiger partial charge is 0.393 e. The zero-order valence-electron chi connectivity index (χ0n) is 21.8. The lowest BCUT2D eigenvalue weighted by molar-refractivity contribution is 0.0609. The van der Waals surface area contributed by atoms with Gasteiger partial charge in [-0.2, -0.15) is 0 Å². The van der Waals surface area contributed by atoms with Crippen molar-refractivity contribution in [3.05, 3.63) is 58.7 Å². The third-order valence-corrected chi connectivity index (χ3v) is 9.32. The van der Waals surface area contributed by atoms with E-state index in [9.17, 15) is 15.3 Å². The van der Waals surface area contributed by atoms with Crippen LogP contribution < -0.4 is 0 Å². The Morgan fingerprint density at radius 3 is 2.56 bits per heavy atom. The first-order valence-corrected chi connectivity index (χ1v) is 13.6. The van der Waals surface area contributed by atoms with Crippen LogP contribution in [0, 0.1) is 23.2 Å². The van der Waals surface area contributed by atoms with E-state index in [0.717, 1.165) is 17.9 Å². The monoisotopic (exact) mass is 466 g/mol. The van der Waals surface area contributed by atoms with Gasteiger partial charge in [-0.1, -0.05) is 61.4 Å². The molecule has 0 heterocycles. The summed E-state index contributed by atoms with van der Waals surface area (Å²) in [4.78, 5) is 0. The van der Waals surface area contributed by atoms with Crippen LogP contribution in [0.4, 0.5) is 0 Å². The van der Waals surface area contributed by atoms with Crippen molar-refractivity contribution in [2.45, 2.75) is 110 Å². The van der Waals surface area contributed by atoms with Gasteiger partial charge in [-0.05, 0) is 112 Å². The minimum Gasteiger partial charge on any atom is -0.393 e. The van der Waals surface area contributed by atoms with Gasteiger partial charge in [0.05, 0.1) is 17.8 Å². The molecular weight excluding hydrogens is 420 g/mol. The zero-order chi connectivity index (χ0) is 24.5. The van der Waals surface area contributed by atoms with Gasteiger partial charge in [0.2, 0.25) is 0 Å². The Morgan fingerprint density at radius 1 is 1.12 bits per heavy atom. The summed E-state index contributed by atoms with van der Waals surface area (Å²) in [7, 11) is 0. The van der Waals surface area contributed by atoms with Crippen molar-refractivity contribution in [2.24, 2.45) is 23.2 Å². The fourth-order valence-electron chi connectivity index (χ4n) is 7.45. The van der Waals surface area contributed by atoms with Crippen molar-refractivity contribution in [3.8, 4) is 0 Å². The topological polar surface area (TPSA) is 60.7 Å². The van der Waals surface area contributed by atoms with E-state index >= 15 is 0 Å². The van der Waals surface area contributed by atoms with E-state index in [4.69, 9.17) is 0 Å². The van der Waals surface area contributed by atoms with Crippen molar-refractivity contribution in [2.75, 3.05) is 0 Å². The molecule has 3 N–H and O–H groups in total. The van der Waals surface area contributed by atoms with Crippen molar-refractivity contribution in [1.82, 2.24) is 0 Å². The van der Waals surface area contributed by atoms with E-state index in [2.05, 4.69) is 44.2 Å². The summed E-state index contributed by atoms with van der Waals surface area (Å²) in [5, 5.41) is 30.4. The van der Waals surface area contributed by atoms with E-state index in [1.54, 1.807) is 5.57 Å². The second-order valence-corrected chi connectivity index (χ2v) is 12.4. The van der Waals surface area contributed by atoms with Crippen LogP contribution >= 0.6 is 0 Å². The highest BCUT2D eigenvalue weighted by Gasteiger charge is 2.50. The predicted molar refractivity (Wildman–Crippen MR) is 139 cm³/mol. The number of aliphatic hydroxyl groups excluding tert-OH is 2. The fourth-order valence-corrected chi connectivity index (χ4v) is 7.45. The van der Waals surface area contributed by atoms with Gasteiger partial charge in [-0.15, -0.1) is 0 Å². The molecule has 3 fully saturated rings. The van der Waals surface area contributed by atoms with E-state index in [1.165, 1.54) is 49.7 Å². The molecule has 6 atom stereocenters. The maximum atomic E-state index is 10.4. The number of aryl methyl sites for hydroxylation is 1. The summed E-state index contributed by atoms with van der Waals surface area (Å²) in [5.74, 6) is 2.11. The average Bonchev–Trinajstić information content (AvgIpc) is 3.12. The number of fused-ring (bicyclic) bond motifs is 1. The molecule has 3 heteroatoms. The molecule has 0 bridgehead atoms. The number of hydrogen-bond acceptors (Lipinski definition) is 3. The van der Waals surface area contributed by atoms with Crippen molar-refractivity contribution < 1.29 is 15.3 Å². The van der Waals surface area contributed by atoms with E-state index in [-0.39, 0.29) is 0 Å². The quantitative estimate of drug-likeness (QED) is 0.451. The van der Waals surface area contributed by atoms with Crippen molar-refractivity contribution >= 4 is 0 Å². The summed E-state index contributed by atoms with van der Waals surface area (Å²) in [6.07, 6.45) is 14.4. The smallest absolute Gasteiger partial charge is 0.0840 e. The molecule has 34 heavy (non-hydrogen) atoms. The van der Waals surface area contributed by atoms with Crippen LogP contribution in [-0.4, -0.2) is 27.5 Å².